The Balaban J connectivity index is -0.000000177. The SMILES string of the molecule is CCCCCCCC.CCCCCCCC.CCCCCCCC.CCCCCCCCCC. The van der Waals surface area contributed by atoms with E-state index in [-0.39, 0.29) is 0 Å². The minimum absolute atomic E-state index is 1.36. The van der Waals surface area contributed by atoms with E-state index in [1.807, 2.05) is 0 Å². The van der Waals surface area contributed by atoms with Crippen LogP contribution in [0.15, 0.2) is 0 Å². The normalized spacial score (nSPS) is 9.88. The summed E-state index contributed by atoms with van der Waals surface area (Å²) < 4.78 is 0. The number of hydrogen-bond acceptors (Lipinski definition) is 0. The molecule has 0 aromatic rings. The first-order valence-electron chi connectivity index (χ1n) is 16.7. The molecule has 0 fully saturated rings. The van der Waals surface area contributed by atoms with Crippen LogP contribution in [-0.2, 0) is 0 Å². The summed E-state index contributed by atoms with van der Waals surface area (Å²) in [5.74, 6) is 0. The highest BCUT2D eigenvalue weighted by Gasteiger charge is 1.88. The van der Waals surface area contributed by atoms with E-state index in [1.54, 1.807) is 0 Å². The standard InChI is InChI=1S/C10H22.3C8H18/c1-3-5-7-9-10-8-6-4-2;3*1-3-5-7-8-6-4-2/h3-10H2,1-2H3;3*3-8H2,1-2H3. The molecule has 0 heterocycles. The maximum absolute atomic E-state index is 2.27. The van der Waals surface area contributed by atoms with Gasteiger partial charge in [-0.2, -0.15) is 0 Å². The Morgan fingerprint density at radius 1 is 0.147 bits per heavy atom. The summed E-state index contributed by atoms with van der Waals surface area (Å²) in [5, 5.41) is 0. The van der Waals surface area contributed by atoms with Gasteiger partial charge in [0.25, 0.3) is 0 Å². The maximum Gasteiger partial charge on any atom is -0.0533 e. The molecule has 0 nitrogen and oxygen atoms in total. The smallest absolute Gasteiger partial charge is 0.0533 e. The molecule has 0 saturated carbocycles. The van der Waals surface area contributed by atoms with Crippen molar-refractivity contribution in [2.75, 3.05) is 0 Å². The second-order valence-corrected chi connectivity index (χ2v) is 10.4. The summed E-state index contributed by atoms with van der Waals surface area (Å²) in [5.41, 5.74) is 0. The fourth-order valence-corrected chi connectivity index (χ4v) is 3.77. The van der Waals surface area contributed by atoms with Crippen LogP contribution >= 0.6 is 0 Å². The Morgan fingerprint density at radius 3 is 0.324 bits per heavy atom. The average Bonchev–Trinajstić information content (AvgIpc) is 2.86. The van der Waals surface area contributed by atoms with Crippen LogP contribution in [0.2, 0.25) is 0 Å². The monoisotopic (exact) mass is 485 g/mol. The largest absolute Gasteiger partial charge is 0.0654 e. The van der Waals surface area contributed by atoms with Crippen LogP contribution in [0.4, 0.5) is 0 Å². The molecule has 0 aliphatic rings. The van der Waals surface area contributed by atoms with E-state index in [2.05, 4.69) is 55.4 Å². The molecule has 0 N–H and O–H groups in total. The van der Waals surface area contributed by atoms with Crippen molar-refractivity contribution in [2.24, 2.45) is 0 Å². The quantitative estimate of drug-likeness (QED) is 0.134. The number of rotatable bonds is 22. The lowest BCUT2D eigenvalue weighted by atomic mass is 10.1. The van der Waals surface area contributed by atoms with Gasteiger partial charge in [-0.15, -0.1) is 0 Å². The molecule has 0 bridgehead atoms. The molecular formula is C34H76. The Morgan fingerprint density at radius 2 is 0.235 bits per heavy atom. The summed E-state index contributed by atoms with van der Waals surface area (Å²) in [7, 11) is 0. The lowest BCUT2D eigenvalue weighted by Crippen LogP contribution is -1.77. The molecule has 0 unspecified atom stereocenters. The molecular weight excluding hydrogens is 408 g/mol. The molecule has 0 aliphatic heterocycles. The van der Waals surface area contributed by atoms with E-state index in [9.17, 15) is 0 Å². The summed E-state index contributed by atoms with van der Waals surface area (Å²) in [6.07, 6.45) is 36.9. The van der Waals surface area contributed by atoms with Crippen molar-refractivity contribution in [3.05, 3.63) is 0 Å². The lowest BCUT2D eigenvalue weighted by Gasteiger charge is -1.97. The highest BCUT2D eigenvalue weighted by Crippen LogP contribution is 2.07. The first-order chi connectivity index (χ1) is 16.7. The van der Waals surface area contributed by atoms with Crippen LogP contribution < -0.4 is 0 Å². The predicted molar refractivity (Wildman–Crippen MR) is 165 cm³/mol. The number of unbranched alkanes of at least 4 members (excludes halogenated alkanes) is 22. The summed E-state index contributed by atoms with van der Waals surface area (Å²) in [6.45, 7) is 18.1. The van der Waals surface area contributed by atoms with Gasteiger partial charge in [0, 0.05) is 0 Å². The minimum Gasteiger partial charge on any atom is -0.0654 e. The van der Waals surface area contributed by atoms with Gasteiger partial charge in [-0.25, -0.2) is 0 Å². The fraction of sp³-hybridized carbons (Fsp3) is 1.00. The van der Waals surface area contributed by atoms with Crippen molar-refractivity contribution in [2.45, 2.75) is 222 Å². The molecule has 0 atom stereocenters. The molecule has 0 spiro atoms. The van der Waals surface area contributed by atoms with Crippen molar-refractivity contribution in [1.29, 1.82) is 0 Å². The predicted octanol–water partition coefficient (Wildman–Crippen LogP) is 14.2. The van der Waals surface area contributed by atoms with Gasteiger partial charge in [0.05, 0.1) is 0 Å². The Labute approximate surface area is 222 Å². The van der Waals surface area contributed by atoms with Gasteiger partial charge < -0.3 is 0 Å². The van der Waals surface area contributed by atoms with Crippen molar-refractivity contribution in [1.82, 2.24) is 0 Å². The van der Waals surface area contributed by atoms with Crippen molar-refractivity contribution < 1.29 is 0 Å². The van der Waals surface area contributed by atoms with E-state index in [4.69, 9.17) is 0 Å². The minimum atomic E-state index is 1.36. The van der Waals surface area contributed by atoms with E-state index in [0.29, 0.717) is 0 Å². The van der Waals surface area contributed by atoms with Crippen LogP contribution in [0.1, 0.15) is 222 Å². The third-order valence-electron chi connectivity index (χ3n) is 6.33. The molecule has 0 saturated heterocycles. The molecule has 0 rings (SSSR count). The molecule has 212 valence electrons. The number of hydrogen-bond donors (Lipinski definition) is 0. The van der Waals surface area contributed by atoms with Gasteiger partial charge in [-0.05, 0) is 0 Å². The van der Waals surface area contributed by atoms with Gasteiger partial charge >= 0.3 is 0 Å². The van der Waals surface area contributed by atoms with Crippen LogP contribution in [0, 0.1) is 0 Å². The third-order valence-corrected chi connectivity index (χ3v) is 6.33. The van der Waals surface area contributed by atoms with Crippen LogP contribution in [0.25, 0.3) is 0 Å². The van der Waals surface area contributed by atoms with Crippen LogP contribution in [0.3, 0.4) is 0 Å². The molecule has 0 aliphatic carbocycles. The Bertz CT molecular complexity index is 190. The molecule has 0 aromatic heterocycles. The summed E-state index contributed by atoms with van der Waals surface area (Å²) >= 11 is 0. The second-order valence-electron chi connectivity index (χ2n) is 10.4. The summed E-state index contributed by atoms with van der Waals surface area (Å²) in [4.78, 5) is 0. The highest BCUT2D eigenvalue weighted by molar-refractivity contribution is 4.43. The highest BCUT2D eigenvalue weighted by atomic mass is 13.9. The first kappa shape index (κ1) is 41.1. The van der Waals surface area contributed by atoms with E-state index in [1.165, 1.54) is 167 Å². The van der Waals surface area contributed by atoms with Gasteiger partial charge in [0.1, 0.15) is 0 Å². The Kier molecular flexibility index (Phi) is 60.5. The lowest BCUT2D eigenvalue weighted by molar-refractivity contribution is 0.585. The zero-order valence-electron chi connectivity index (χ0n) is 26.4. The van der Waals surface area contributed by atoms with Gasteiger partial charge in [0.2, 0.25) is 0 Å². The first-order valence-corrected chi connectivity index (χ1v) is 16.7. The van der Waals surface area contributed by atoms with Gasteiger partial charge in [-0.3, -0.25) is 0 Å². The molecule has 34 heavy (non-hydrogen) atoms. The van der Waals surface area contributed by atoms with Crippen LogP contribution in [0.5, 0.6) is 0 Å². The van der Waals surface area contributed by atoms with E-state index in [0.717, 1.165) is 0 Å². The zero-order valence-corrected chi connectivity index (χ0v) is 26.4. The fourth-order valence-electron chi connectivity index (χ4n) is 3.77. The summed E-state index contributed by atoms with van der Waals surface area (Å²) in [6, 6.07) is 0. The zero-order chi connectivity index (χ0) is 26.4. The third kappa shape index (κ3) is 63.5. The van der Waals surface area contributed by atoms with Gasteiger partial charge in [0.15, 0.2) is 0 Å². The topological polar surface area (TPSA) is 0 Å². The average molecular weight is 485 g/mol. The van der Waals surface area contributed by atoms with Crippen molar-refractivity contribution in [3.63, 3.8) is 0 Å². The molecule has 0 heteroatoms. The molecule has 0 aromatic carbocycles. The van der Waals surface area contributed by atoms with E-state index < -0.39 is 0 Å². The van der Waals surface area contributed by atoms with E-state index >= 15 is 0 Å². The van der Waals surface area contributed by atoms with Crippen molar-refractivity contribution >= 4 is 0 Å². The van der Waals surface area contributed by atoms with Crippen molar-refractivity contribution in [3.8, 4) is 0 Å². The Hall–Kier alpha value is 0. The van der Waals surface area contributed by atoms with Gasteiger partial charge in [-0.1, -0.05) is 222 Å². The molecule has 0 radical (unpaired) electrons. The maximum atomic E-state index is 2.27. The molecule has 0 amide bonds. The van der Waals surface area contributed by atoms with Crippen LogP contribution in [-0.4, -0.2) is 0 Å². The second kappa shape index (κ2) is 50.0.